The predicted octanol–water partition coefficient (Wildman–Crippen LogP) is 5.72. The van der Waals surface area contributed by atoms with E-state index in [0.717, 1.165) is 36.1 Å². The van der Waals surface area contributed by atoms with Crippen LogP contribution in [0.4, 0.5) is 0 Å². The SMILES string of the molecule is COc1ccc(C)cc1.Cc1ccc(C(=O)c2nccn2CCOc2cccc(CN(CC(=O)O)C(=O)C3CCC3)c2)cc1. The summed E-state index contributed by atoms with van der Waals surface area (Å²) in [5, 5.41) is 9.24. The average Bonchev–Trinajstić information content (AvgIpc) is 3.45. The Morgan fingerprint density at radius 1 is 0.955 bits per heavy atom. The number of aromatic nitrogens is 2. The first kappa shape index (κ1) is 32.0. The van der Waals surface area contributed by atoms with Crippen molar-refractivity contribution in [1.29, 1.82) is 0 Å². The lowest BCUT2D eigenvalue weighted by molar-refractivity contribution is -0.148. The highest BCUT2D eigenvalue weighted by atomic mass is 16.5. The molecule has 1 amide bonds. The lowest BCUT2D eigenvalue weighted by Gasteiger charge is -2.30. The van der Waals surface area contributed by atoms with E-state index in [-0.39, 0.29) is 30.7 Å². The highest BCUT2D eigenvalue weighted by Crippen LogP contribution is 2.29. The van der Waals surface area contributed by atoms with E-state index in [1.165, 1.54) is 10.5 Å². The summed E-state index contributed by atoms with van der Waals surface area (Å²) in [5.41, 5.74) is 3.73. The number of benzene rings is 3. The summed E-state index contributed by atoms with van der Waals surface area (Å²) in [4.78, 5) is 42.4. The zero-order valence-electron chi connectivity index (χ0n) is 25.4. The lowest BCUT2D eigenvalue weighted by Crippen LogP contribution is -2.41. The number of carboxylic acid groups (broad SMARTS) is 1. The minimum Gasteiger partial charge on any atom is -0.497 e. The molecule has 4 aromatic rings. The van der Waals surface area contributed by atoms with E-state index >= 15 is 0 Å². The summed E-state index contributed by atoms with van der Waals surface area (Å²) in [6, 6.07) is 22.6. The van der Waals surface area contributed by atoms with E-state index in [0.29, 0.717) is 30.3 Å². The molecule has 9 nitrogen and oxygen atoms in total. The van der Waals surface area contributed by atoms with E-state index in [4.69, 9.17) is 9.47 Å². The van der Waals surface area contributed by atoms with Crippen molar-refractivity contribution in [2.45, 2.75) is 46.2 Å². The average molecular weight is 598 g/mol. The number of carbonyl (C=O) groups is 3. The molecule has 0 aliphatic heterocycles. The summed E-state index contributed by atoms with van der Waals surface area (Å²) in [7, 11) is 1.67. The molecule has 0 atom stereocenters. The van der Waals surface area contributed by atoms with Crippen LogP contribution in [-0.2, 0) is 22.7 Å². The van der Waals surface area contributed by atoms with Crippen LogP contribution in [0.15, 0.2) is 85.2 Å². The second-order valence-corrected chi connectivity index (χ2v) is 10.9. The maximum absolute atomic E-state index is 12.8. The van der Waals surface area contributed by atoms with Crippen LogP contribution in [0.25, 0.3) is 0 Å². The van der Waals surface area contributed by atoms with Gasteiger partial charge in [0.25, 0.3) is 0 Å². The Labute approximate surface area is 258 Å². The molecular formula is C35H39N3O6. The molecule has 1 heterocycles. The van der Waals surface area contributed by atoms with E-state index in [1.807, 2.05) is 67.6 Å². The maximum Gasteiger partial charge on any atom is 0.323 e. The number of rotatable bonds is 12. The maximum atomic E-state index is 12.8. The van der Waals surface area contributed by atoms with Crippen molar-refractivity contribution in [3.8, 4) is 11.5 Å². The molecule has 0 unspecified atom stereocenters. The van der Waals surface area contributed by atoms with Gasteiger partial charge in [0.2, 0.25) is 11.7 Å². The summed E-state index contributed by atoms with van der Waals surface area (Å²) < 4.78 is 12.6. The Bertz CT molecular complexity index is 1540. The Morgan fingerprint density at radius 2 is 1.64 bits per heavy atom. The fourth-order valence-electron chi connectivity index (χ4n) is 4.71. The van der Waals surface area contributed by atoms with Gasteiger partial charge in [-0.1, -0.05) is 66.1 Å². The zero-order valence-corrected chi connectivity index (χ0v) is 25.4. The minimum absolute atomic E-state index is 0.0687. The summed E-state index contributed by atoms with van der Waals surface area (Å²) >= 11 is 0. The Kier molecular flexibility index (Phi) is 11.3. The molecule has 1 saturated carbocycles. The van der Waals surface area contributed by atoms with E-state index in [2.05, 4.69) is 11.9 Å². The van der Waals surface area contributed by atoms with Crippen molar-refractivity contribution < 1.29 is 29.0 Å². The molecular weight excluding hydrogens is 558 g/mol. The number of methoxy groups -OCH3 is 1. The molecule has 0 radical (unpaired) electrons. The number of ketones is 1. The predicted molar refractivity (Wildman–Crippen MR) is 167 cm³/mol. The quantitative estimate of drug-likeness (QED) is 0.208. The zero-order chi connectivity index (χ0) is 31.5. The molecule has 9 heteroatoms. The summed E-state index contributed by atoms with van der Waals surface area (Å²) in [6.45, 7) is 4.67. The number of imidazole rings is 1. The lowest BCUT2D eigenvalue weighted by atomic mass is 9.84. The third kappa shape index (κ3) is 9.04. The molecule has 44 heavy (non-hydrogen) atoms. The second-order valence-electron chi connectivity index (χ2n) is 10.9. The first-order valence-electron chi connectivity index (χ1n) is 14.7. The molecule has 0 bridgehead atoms. The van der Waals surface area contributed by atoms with E-state index in [9.17, 15) is 19.5 Å². The van der Waals surface area contributed by atoms with Gasteiger partial charge in [0.1, 0.15) is 24.7 Å². The molecule has 1 aliphatic carbocycles. The van der Waals surface area contributed by atoms with Crippen molar-refractivity contribution in [3.63, 3.8) is 0 Å². The Morgan fingerprint density at radius 3 is 2.25 bits per heavy atom. The first-order valence-corrected chi connectivity index (χ1v) is 14.7. The van der Waals surface area contributed by atoms with Crippen LogP contribution >= 0.6 is 0 Å². The van der Waals surface area contributed by atoms with Crippen LogP contribution in [0.2, 0.25) is 0 Å². The minimum atomic E-state index is -1.03. The molecule has 1 N–H and O–H groups in total. The van der Waals surface area contributed by atoms with Crippen molar-refractivity contribution >= 4 is 17.7 Å². The molecule has 0 spiro atoms. The Hall–Kier alpha value is -4.92. The smallest absolute Gasteiger partial charge is 0.323 e. The number of aryl methyl sites for hydroxylation is 2. The number of hydrogen-bond donors (Lipinski definition) is 1. The highest BCUT2D eigenvalue weighted by molar-refractivity contribution is 6.06. The van der Waals surface area contributed by atoms with Gasteiger partial charge in [0.15, 0.2) is 5.82 Å². The number of amides is 1. The number of hydrogen-bond acceptors (Lipinski definition) is 6. The second kappa shape index (κ2) is 15.5. The van der Waals surface area contributed by atoms with Crippen molar-refractivity contribution in [3.05, 3.63) is 113 Å². The highest BCUT2D eigenvalue weighted by Gasteiger charge is 2.30. The van der Waals surface area contributed by atoms with Gasteiger partial charge in [-0.25, -0.2) is 4.98 Å². The van der Waals surface area contributed by atoms with Crippen LogP contribution < -0.4 is 9.47 Å². The van der Waals surface area contributed by atoms with Crippen LogP contribution in [0.1, 0.15) is 52.1 Å². The molecule has 0 saturated heterocycles. The topological polar surface area (TPSA) is 111 Å². The number of nitrogens with zero attached hydrogens (tertiary/aromatic N) is 3. The van der Waals surface area contributed by atoms with Crippen LogP contribution in [0.3, 0.4) is 0 Å². The van der Waals surface area contributed by atoms with Gasteiger partial charge in [0.05, 0.1) is 13.7 Å². The van der Waals surface area contributed by atoms with E-state index in [1.54, 1.807) is 36.2 Å². The van der Waals surface area contributed by atoms with Gasteiger partial charge in [-0.2, -0.15) is 0 Å². The number of ether oxygens (including phenoxy) is 2. The van der Waals surface area contributed by atoms with Crippen molar-refractivity contribution in [2.75, 3.05) is 20.3 Å². The Balaban J connectivity index is 0.000000421. The van der Waals surface area contributed by atoms with Gasteiger partial charge < -0.3 is 24.0 Å². The van der Waals surface area contributed by atoms with Crippen LogP contribution in [-0.4, -0.2) is 57.5 Å². The third-order valence-corrected chi connectivity index (χ3v) is 7.45. The van der Waals surface area contributed by atoms with Gasteiger partial charge in [-0.15, -0.1) is 0 Å². The fourth-order valence-corrected chi connectivity index (χ4v) is 4.71. The van der Waals surface area contributed by atoms with Crippen LogP contribution in [0, 0.1) is 19.8 Å². The third-order valence-electron chi connectivity index (χ3n) is 7.45. The van der Waals surface area contributed by atoms with Gasteiger partial charge in [-0.05, 0) is 56.5 Å². The molecule has 230 valence electrons. The number of aliphatic carboxylic acids is 1. The standard InChI is InChI=1S/C27H29N3O5.C8H10O/c1-19-8-10-21(11-9-19)25(33)26-28-12-13-29(26)14-15-35-23-7-2-4-20(16-23)17-30(18-24(31)32)27(34)22-5-3-6-22;1-7-3-5-8(9-2)6-4-7/h2,4,7-13,16,22H,3,5-6,14-15,17-18H2,1H3,(H,31,32);3-6H,1-2H3. The summed E-state index contributed by atoms with van der Waals surface area (Å²) in [6.07, 6.45) is 5.99. The molecule has 1 aliphatic rings. The van der Waals surface area contributed by atoms with Gasteiger partial charge in [-0.3, -0.25) is 14.4 Å². The first-order chi connectivity index (χ1) is 21.2. The number of carboxylic acids is 1. The van der Waals surface area contributed by atoms with Crippen LogP contribution in [0.5, 0.6) is 11.5 Å². The van der Waals surface area contributed by atoms with Crippen molar-refractivity contribution in [1.82, 2.24) is 14.5 Å². The molecule has 1 aromatic heterocycles. The monoisotopic (exact) mass is 597 g/mol. The number of carbonyl (C=O) groups excluding carboxylic acids is 2. The normalized spacial score (nSPS) is 12.3. The molecule has 1 fully saturated rings. The molecule has 3 aromatic carbocycles. The molecule has 5 rings (SSSR count). The fraction of sp³-hybridized carbons (Fsp3) is 0.314. The largest absolute Gasteiger partial charge is 0.497 e. The van der Waals surface area contributed by atoms with Crippen molar-refractivity contribution in [2.24, 2.45) is 5.92 Å². The van der Waals surface area contributed by atoms with E-state index < -0.39 is 5.97 Å². The van der Waals surface area contributed by atoms with Gasteiger partial charge in [0, 0.05) is 30.4 Å². The van der Waals surface area contributed by atoms with Gasteiger partial charge >= 0.3 is 5.97 Å². The summed E-state index contributed by atoms with van der Waals surface area (Å²) in [5.74, 6) is 0.538.